The summed E-state index contributed by atoms with van der Waals surface area (Å²) in [7, 11) is -3.61. The standard InChI is InChI=1S/C32H34N2O2S/c35-37(36,32-17-9-15-27-14-7-8-16-30(27)32)34-23-29(31(24-34)28-12-5-2-6-13-28)22-33-20-18-26(19-21-33)25-10-3-1-4-11-25/h1-17,26,29,31H,18-24H2/t29-,31+/m0/s1. The lowest BCUT2D eigenvalue weighted by Crippen LogP contribution is -2.38. The topological polar surface area (TPSA) is 40.6 Å². The molecule has 190 valence electrons. The first-order valence-electron chi connectivity index (χ1n) is 13.4. The molecule has 5 heteroatoms. The molecule has 0 aromatic heterocycles. The van der Waals surface area contributed by atoms with Gasteiger partial charge in [-0.15, -0.1) is 0 Å². The molecule has 0 unspecified atom stereocenters. The van der Waals surface area contributed by atoms with Crippen LogP contribution in [0.1, 0.15) is 35.8 Å². The molecule has 2 aliphatic rings. The molecule has 37 heavy (non-hydrogen) atoms. The lowest BCUT2D eigenvalue weighted by molar-refractivity contribution is 0.180. The summed E-state index contributed by atoms with van der Waals surface area (Å²) in [5, 5.41) is 1.76. The van der Waals surface area contributed by atoms with Crippen LogP contribution in [0.15, 0.2) is 108 Å². The monoisotopic (exact) mass is 510 g/mol. The maximum absolute atomic E-state index is 14.0. The highest BCUT2D eigenvalue weighted by Gasteiger charge is 2.41. The Hall–Kier alpha value is -2.99. The molecular formula is C32H34N2O2S. The highest BCUT2D eigenvalue weighted by molar-refractivity contribution is 7.89. The number of likely N-dealkylation sites (tertiary alicyclic amines) is 1. The van der Waals surface area contributed by atoms with Crippen LogP contribution in [0.3, 0.4) is 0 Å². The predicted octanol–water partition coefficient (Wildman–Crippen LogP) is 6.12. The van der Waals surface area contributed by atoms with Gasteiger partial charge in [0.1, 0.15) is 0 Å². The van der Waals surface area contributed by atoms with Crippen LogP contribution in [0, 0.1) is 5.92 Å². The van der Waals surface area contributed by atoms with Crippen molar-refractivity contribution < 1.29 is 8.42 Å². The van der Waals surface area contributed by atoms with Gasteiger partial charge in [-0.2, -0.15) is 4.31 Å². The summed E-state index contributed by atoms with van der Waals surface area (Å²) in [6, 6.07) is 34.7. The molecule has 2 atom stereocenters. The van der Waals surface area contributed by atoms with Crippen molar-refractivity contribution in [1.29, 1.82) is 0 Å². The van der Waals surface area contributed by atoms with E-state index in [2.05, 4.69) is 59.5 Å². The first kappa shape index (κ1) is 24.4. The number of benzene rings is 4. The number of piperidine rings is 1. The first-order valence-corrected chi connectivity index (χ1v) is 14.8. The minimum atomic E-state index is -3.61. The Morgan fingerprint density at radius 2 is 1.30 bits per heavy atom. The van der Waals surface area contributed by atoms with Crippen molar-refractivity contribution in [2.24, 2.45) is 5.92 Å². The second kappa shape index (κ2) is 10.4. The van der Waals surface area contributed by atoms with Crippen LogP contribution in [0.25, 0.3) is 10.8 Å². The number of hydrogen-bond donors (Lipinski definition) is 0. The van der Waals surface area contributed by atoms with E-state index in [1.165, 1.54) is 11.1 Å². The Morgan fingerprint density at radius 3 is 2.03 bits per heavy atom. The molecule has 0 aliphatic carbocycles. The lowest BCUT2D eigenvalue weighted by Gasteiger charge is -2.35. The van der Waals surface area contributed by atoms with Crippen molar-refractivity contribution >= 4 is 20.8 Å². The molecule has 2 aliphatic heterocycles. The van der Waals surface area contributed by atoms with E-state index in [1.54, 1.807) is 10.4 Å². The van der Waals surface area contributed by atoms with Crippen molar-refractivity contribution in [3.05, 3.63) is 114 Å². The zero-order chi connectivity index (χ0) is 25.2. The van der Waals surface area contributed by atoms with E-state index in [4.69, 9.17) is 0 Å². The van der Waals surface area contributed by atoms with Crippen molar-refractivity contribution in [1.82, 2.24) is 9.21 Å². The Morgan fingerprint density at radius 1 is 0.676 bits per heavy atom. The van der Waals surface area contributed by atoms with E-state index in [1.807, 2.05) is 42.5 Å². The van der Waals surface area contributed by atoms with Crippen molar-refractivity contribution in [3.63, 3.8) is 0 Å². The quantitative estimate of drug-likeness (QED) is 0.314. The summed E-state index contributed by atoms with van der Waals surface area (Å²) in [6.45, 7) is 4.15. The van der Waals surface area contributed by atoms with E-state index in [0.717, 1.165) is 43.2 Å². The SMILES string of the molecule is O=S(=O)(c1cccc2ccccc12)N1C[C@H](CN2CCC(c3ccccc3)CC2)[C@@H](c2ccccc2)C1. The van der Waals surface area contributed by atoms with Crippen LogP contribution in [0.2, 0.25) is 0 Å². The van der Waals surface area contributed by atoms with Gasteiger partial charge in [-0.1, -0.05) is 97.1 Å². The van der Waals surface area contributed by atoms with E-state index < -0.39 is 10.0 Å². The fourth-order valence-electron chi connectivity index (χ4n) is 6.36. The second-order valence-corrected chi connectivity index (χ2v) is 12.5. The van der Waals surface area contributed by atoms with Gasteiger partial charge in [-0.25, -0.2) is 8.42 Å². The molecule has 2 saturated heterocycles. The number of hydrogen-bond acceptors (Lipinski definition) is 3. The fourth-order valence-corrected chi connectivity index (χ4v) is 8.09. The summed E-state index contributed by atoms with van der Waals surface area (Å²) < 4.78 is 29.7. The van der Waals surface area contributed by atoms with E-state index in [0.29, 0.717) is 23.9 Å². The Labute approximate surface area is 220 Å². The Balaban J connectivity index is 1.23. The Kier molecular flexibility index (Phi) is 6.85. The summed E-state index contributed by atoms with van der Waals surface area (Å²) in [6.07, 6.45) is 2.31. The smallest absolute Gasteiger partial charge is 0.243 e. The highest BCUT2D eigenvalue weighted by atomic mass is 32.2. The molecule has 2 fully saturated rings. The summed E-state index contributed by atoms with van der Waals surface area (Å²) in [4.78, 5) is 2.98. The molecule has 2 heterocycles. The van der Waals surface area contributed by atoms with Gasteiger partial charge in [0.15, 0.2) is 0 Å². The van der Waals surface area contributed by atoms with Crippen LogP contribution < -0.4 is 0 Å². The molecule has 0 spiro atoms. The third-order valence-corrected chi connectivity index (χ3v) is 10.2. The first-order chi connectivity index (χ1) is 18.1. The van der Waals surface area contributed by atoms with Gasteiger partial charge in [-0.3, -0.25) is 0 Å². The molecule has 0 radical (unpaired) electrons. The summed E-state index contributed by atoms with van der Waals surface area (Å²) >= 11 is 0. The molecule has 0 bridgehead atoms. The third-order valence-electron chi connectivity index (χ3n) is 8.35. The molecule has 0 N–H and O–H groups in total. The molecule has 4 aromatic carbocycles. The molecule has 4 nitrogen and oxygen atoms in total. The molecule has 6 rings (SSSR count). The molecule has 4 aromatic rings. The van der Waals surface area contributed by atoms with Gasteiger partial charge >= 0.3 is 0 Å². The number of nitrogens with zero attached hydrogens (tertiary/aromatic N) is 2. The lowest BCUT2D eigenvalue weighted by atomic mass is 9.86. The zero-order valence-corrected chi connectivity index (χ0v) is 21.9. The molecular weight excluding hydrogens is 476 g/mol. The van der Waals surface area contributed by atoms with E-state index in [9.17, 15) is 8.42 Å². The van der Waals surface area contributed by atoms with Gasteiger partial charge in [0.2, 0.25) is 10.0 Å². The average molecular weight is 511 g/mol. The minimum Gasteiger partial charge on any atom is -0.303 e. The highest BCUT2D eigenvalue weighted by Crippen LogP contribution is 2.38. The minimum absolute atomic E-state index is 0.192. The van der Waals surface area contributed by atoms with E-state index in [-0.39, 0.29) is 11.8 Å². The van der Waals surface area contributed by atoms with Crippen LogP contribution in [0.4, 0.5) is 0 Å². The maximum atomic E-state index is 14.0. The second-order valence-electron chi connectivity index (χ2n) is 10.6. The van der Waals surface area contributed by atoms with E-state index >= 15 is 0 Å². The molecule has 0 saturated carbocycles. The van der Waals surface area contributed by atoms with Gasteiger partial charge in [0.05, 0.1) is 4.90 Å². The number of rotatable bonds is 6. The van der Waals surface area contributed by atoms with Crippen LogP contribution in [-0.4, -0.2) is 50.3 Å². The third kappa shape index (κ3) is 4.96. The predicted molar refractivity (Wildman–Crippen MR) is 150 cm³/mol. The van der Waals surface area contributed by atoms with Gasteiger partial charge < -0.3 is 4.90 Å². The van der Waals surface area contributed by atoms with Crippen LogP contribution in [0.5, 0.6) is 0 Å². The molecule has 0 amide bonds. The normalized spacial score (nSPS) is 21.9. The van der Waals surface area contributed by atoms with Gasteiger partial charge in [0, 0.05) is 30.9 Å². The zero-order valence-electron chi connectivity index (χ0n) is 21.1. The number of sulfonamides is 1. The van der Waals surface area contributed by atoms with Gasteiger partial charge in [0.25, 0.3) is 0 Å². The Bertz CT molecular complexity index is 1440. The largest absolute Gasteiger partial charge is 0.303 e. The van der Waals surface area contributed by atoms with Gasteiger partial charge in [-0.05, 0) is 60.3 Å². The maximum Gasteiger partial charge on any atom is 0.243 e. The summed E-state index contributed by atoms with van der Waals surface area (Å²) in [5.74, 6) is 1.08. The fraction of sp³-hybridized carbons (Fsp3) is 0.312. The van der Waals surface area contributed by atoms with Crippen LogP contribution in [-0.2, 0) is 10.0 Å². The van der Waals surface area contributed by atoms with Crippen LogP contribution >= 0.6 is 0 Å². The average Bonchev–Trinajstić information content (AvgIpc) is 3.39. The van der Waals surface area contributed by atoms with Crippen molar-refractivity contribution in [2.45, 2.75) is 29.6 Å². The van der Waals surface area contributed by atoms with Crippen molar-refractivity contribution in [2.75, 3.05) is 32.7 Å². The van der Waals surface area contributed by atoms with Crippen molar-refractivity contribution in [3.8, 4) is 0 Å². The summed E-state index contributed by atoms with van der Waals surface area (Å²) in [5.41, 5.74) is 2.68. The number of fused-ring (bicyclic) bond motifs is 1.